The number of nitrogens with zero attached hydrogens (tertiary/aromatic N) is 1. The van der Waals surface area contributed by atoms with Crippen molar-refractivity contribution in [1.29, 1.82) is 0 Å². The Kier molecular flexibility index (Phi) is 8.39. The van der Waals surface area contributed by atoms with Crippen molar-refractivity contribution in [3.8, 4) is 11.5 Å². The summed E-state index contributed by atoms with van der Waals surface area (Å²) in [5, 5.41) is 6.51. The summed E-state index contributed by atoms with van der Waals surface area (Å²) in [4.78, 5) is 12.3. The van der Waals surface area contributed by atoms with E-state index in [-0.39, 0.29) is 5.91 Å². The maximum Gasteiger partial charge on any atom is 0.271 e. The predicted octanol–water partition coefficient (Wildman–Crippen LogP) is 6.79. The molecule has 4 aromatic rings. The number of rotatable bonds is 8. The van der Waals surface area contributed by atoms with E-state index in [0.717, 1.165) is 29.8 Å². The molecule has 0 heterocycles. The number of halogens is 2. The summed E-state index contributed by atoms with van der Waals surface area (Å²) >= 11 is 4.53. The summed E-state index contributed by atoms with van der Waals surface area (Å²) in [6, 6.07) is 25.5. The fourth-order valence-electron chi connectivity index (χ4n) is 3.46. The largest absolute Gasteiger partial charge is 0.494 e. The van der Waals surface area contributed by atoms with Crippen molar-refractivity contribution in [3.63, 3.8) is 0 Å². The molecule has 0 saturated heterocycles. The van der Waals surface area contributed by atoms with Crippen LogP contribution in [0.25, 0.3) is 10.8 Å². The standard InChI is InChI=1S/C27H22I2N2O3/c1-2-33-22-12-10-20(11-13-22)27(32)31-30-16-18-14-24(28)26(25(29)15-18)34-17-21-8-5-7-19-6-3-4-9-23(19)21/h3-16H,2,17H2,1H3,(H,31,32)/b30-16-. The molecule has 0 spiro atoms. The Morgan fingerprint density at radius 1 is 0.941 bits per heavy atom. The van der Waals surface area contributed by atoms with Gasteiger partial charge < -0.3 is 9.47 Å². The van der Waals surface area contributed by atoms with Gasteiger partial charge in [0.05, 0.1) is 20.0 Å². The van der Waals surface area contributed by atoms with Crippen LogP contribution in [0, 0.1) is 7.14 Å². The zero-order chi connectivity index (χ0) is 23.9. The van der Waals surface area contributed by atoms with Gasteiger partial charge in [-0.1, -0.05) is 42.5 Å². The molecule has 0 aliphatic heterocycles. The highest BCUT2D eigenvalue weighted by Gasteiger charge is 2.10. The van der Waals surface area contributed by atoms with Crippen LogP contribution in [-0.2, 0) is 6.61 Å². The van der Waals surface area contributed by atoms with E-state index in [0.29, 0.717) is 18.8 Å². The second-order valence-corrected chi connectivity index (χ2v) is 9.72. The molecular weight excluding hydrogens is 654 g/mol. The SMILES string of the molecule is CCOc1ccc(C(=O)N/N=C\c2cc(I)c(OCc3cccc4ccccc34)c(I)c2)cc1. The first kappa shape index (κ1) is 24.5. The minimum atomic E-state index is -0.279. The van der Waals surface area contributed by atoms with E-state index in [1.165, 1.54) is 10.8 Å². The highest BCUT2D eigenvalue weighted by Crippen LogP contribution is 2.30. The first-order chi connectivity index (χ1) is 16.5. The Balaban J connectivity index is 1.40. The number of ether oxygens (including phenoxy) is 2. The molecule has 34 heavy (non-hydrogen) atoms. The quantitative estimate of drug-likeness (QED) is 0.127. The van der Waals surface area contributed by atoms with Gasteiger partial charge in [-0.25, -0.2) is 5.43 Å². The number of hydrazone groups is 1. The van der Waals surface area contributed by atoms with Gasteiger partial charge in [-0.2, -0.15) is 5.10 Å². The van der Waals surface area contributed by atoms with Crippen LogP contribution in [0.2, 0.25) is 0 Å². The lowest BCUT2D eigenvalue weighted by molar-refractivity contribution is 0.0955. The lowest BCUT2D eigenvalue weighted by Crippen LogP contribution is -2.17. The molecule has 0 aromatic heterocycles. The fraction of sp³-hybridized carbons (Fsp3) is 0.111. The molecule has 5 nitrogen and oxygen atoms in total. The molecular formula is C27H22I2N2O3. The van der Waals surface area contributed by atoms with Crippen LogP contribution < -0.4 is 14.9 Å². The Hall–Kier alpha value is -2.66. The molecule has 0 aliphatic carbocycles. The minimum Gasteiger partial charge on any atom is -0.494 e. The van der Waals surface area contributed by atoms with Crippen molar-refractivity contribution in [2.24, 2.45) is 5.10 Å². The summed E-state index contributed by atoms with van der Waals surface area (Å²) in [7, 11) is 0. The van der Waals surface area contributed by atoms with E-state index < -0.39 is 0 Å². The Bertz CT molecular complexity index is 1310. The third-order valence-electron chi connectivity index (χ3n) is 5.08. The third kappa shape index (κ3) is 6.06. The van der Waals surface area contributed by atoms with Gasteiger partial charge >= 0.3 is 0 Å². The topological polar surface area (TPSA) is 59.9 Å². The van der Waals surface area contributed by atoms with E-state index >= 15 is 0 Å². The van der Waals surface area contributed by atoms with Crippen molar-refractivity contribution in [1.82, 2.24) is 5.43 Å². The molecule has 0 unspecified atom stereocenters. The minimum absolute atomic E-state index is 0.279. The molecule has 0 aliphatic rings. The Morgan fingerprint density at radius 3 is 2.38 bits per heavy atom. The molecule has 0 saturated carbocycles. The van der Waals surface area contributed by atoms with E-state index in [2.05, 4.69) is 86.0 Å². The van der Waals surface area contributed by atoms with E-state index in [1.807, 2.05) is 31.2 Å². The van der Waals surface area contributed by atoms with Gasteiger partial charge in [-0.15, -0.1) is 0 Å². The maximum absolute atomic E-state index is 12.3. The molecule has 0 bridgehead atoms. The van der Waals surface area contributed by atoms with Crippen molar-refractivity contribution in [2.45, 2.75) is 13.5 Å². The van der Waals surface area contributed by atoms with Crippen LogP contribution in [-0.4, -0.2) is 18.7 Å². The molecule has 4 aromatic carbocycles. The van der Waals surface area contributed by atoms with Gasteiger partial charge in [0.1, 0.15) is 18.1 Å². The van der Waals surface area contributed by atoms with Crippen LogP contribution in [0.1, 0.15) is 28.4 Å². The number of benzene rings is 4. The van der Waals surface area contributed by atoms with Crippen molar-refractivity contribution in [2.75, 3.05) is 6.61 Å². The van der Waals surface area contributed by atoms with Gasteiger partial charge in [-0.05, 0) is 110 Å². The Morgan fingerprint density at radius 2 is 1.65 bits per heavy atom. The lowest BCUT2D eigenvalue weighted by atomic mass is 10.1. The molecule has 1 N–H and O–H groups in total. The average Bonchev–Trinajstić information content (AvgIpc) is 2.84. The van der Waals surface area contributed by atoms with Crippen molar-refractivity contribution in [3.05, 3.63) is 103 Å². The Labute approximate surface area is 225 Å². The summed E-state index contributed by atoms with van der Waals surface area (Å²) < 4.78 is 13.6. The smallest absolute Gasteiger partial charge is 0.271 e. The average molecular weight is 676 g/mol. The molecule has 7 heteroatoms. The fourth-order valence-corrected chi connectivity index (χ4v) is 5.59. The lowest BCUT2D eigenvalue weighted by Gasteiger charge is -2.13. The highest BCUT2D eigenvalue weighted by atomic mass is 127. The molecule has 4 rings (SSSR count). The first-order valence-electron chi connectivity index (χ1n) is 10.7. The number of hydrogen-bond donors (Lipinski definition) is 1. The van der Waals surface area contributed by atoms with Crippen LogP contribution in [0.15, 0.2) is 84.0 Å². The molecule has 0 atom stereocenters. The van der Waals surface area contributed by atoms with Crippen molar-refractivity contribution < 1.29 is 14.3 Å². The number of hydrogen-bond acceptors (Lipinski definition) is 4. The summed E-state index contributed by atoms with van der Waals surface area (Å²) in [5.41, 5.74) is 5.10. The van der Waals surface area contributed by atoms with Crippen LogP contribution in [0.3, 0.4) is 0 Å². The second-order valence-electron chi connectivity index (χ2n) is 7.40. The summed E-state index contributed by atoms with van der Waals surface area (Å²) in [6.45, 7) is 2.99. The molecule has 0 fully saturated rings. The monoisotopic (exact) mass is 676 g/mol. The normalized spacial score (nSPS) is 11.0. The molecule has 172 valence electrons. The number of fused-ring (bicyclic) bond motifs is 1. The van der Waals surface area contributed by atoms with Crippen molar-refractivity contribution >= 4 is 68.1 Å². The number of amides is 1. The van der Waals surface area contributed by atoms with Gasteiger partial charge in [0, 0.05) is 5.56 Å². The second kappa shape index (κ2) is 11.7. The van der Waals surface area contributed by atoms with Gasteiger partial charge in [0.15, 0.2) is 0 Å². The number of carbonyl (C=O) groups excluding carboxylic acids is 1. The third-order valence-corrected chi connectivity index (χ3v) is 6.68. The predicted molar refractivity (Wildman–Crippen MR) is 153 cm³/mol. The molecule has 1 amide bonds. The van der Waals surface area contributed by atoms with Gasteiger partial charge in [0.2, 0.25) is 0 Å². The van der Waals surface area contributed by atoms with E-state index in [4.69, 9.17) is 9.47 Å². The highest BCUT2D eigenvalue weighted by molar-refractivity contribution is 14.1. The van der Waals surface area contributed by atoms with Gasteiger partial charge in [0.25, 0.3) is 5.91 Å². The maximum atomic E-state index is 12.3. The zero-order valence-electron chi connectivity index (χ0n) is 18.4. The zero-order valence-corrected chi connectivity index (χ0v) is 22.7. The number of carbonyl (C=O) groups is 1. The van der Waals surface area contributed by atoms with Crippen LogP contribution in [0.5, 0.6) is 11.5 Å². The summed E-state index contributed by atoms with van der Waals surface area (Å²) in [6.07, 6.45) is 1.63. The van der Waals surface area contributed by atoms with E-state index in [1.54, 1.807) is 30.5 Å². The first-order valence-corrected chi connectivity index (χ1v) is 12.9. The summed E-state index contributed by atoms with van der Waals surface area (Å²) in [5.74, 6) is 1.29. The van der Waals surface area contributed by atoms with Crippen LogP contribution >= 0.6 is 45.2 Å². The van der Waals surface area contributed by atoms with Gasteiger partial charge in [-0.3, -0.25) is 4.79 Å². The van der Waals surface area contributed by atoms with Crippen LogP contribution in [0.4, 0.5) is 0 Å². The molecule has 0 radical (unpaired) electrons. The number of nitrogens with one attached hydrogen (secondary N) is 1. The van der Waals surface area contributed by atoms with E-state index in [9.17, 15) is 4.79 Å².